The van der Waals surface area contributed by atoms with Gasteiger partial charge >= 0.3 is 0 Å². The molecule has 0 aliphatic carbocycles. The molecule has 7 nitrogen and oxygen atoms in total. The number of rotatable bonds is 8. The molecule has 0 fully saturated rings. The average molecular weight is 465 g/mol. The average Bonchev–Trinajstić information content (AvgIpc) is 3.25. The van der Waals surface area contributed by atoms with Crippen LogP contribution >= 0.6 is 0 Å². The van der Waals surface area contributed by atoms with Gasteiger partial charge in [-0.15, -0.1) is 0 Å². The van der Waals surface area contributed by atoms with Crippen LogP contribution in [0.3, 0.4) is 0 Å². The number of ether oxygens (including phenoxy) is 2. The van der Waals surface area contributed by atoms with Gasteiger partial charge in [-0.3, -0.25) is 0 Å². The second kappa shape index (κ2) is 9.38. The van der Waals surface area contributed by atoms with E-state index < -0.39 is 9.84 Å². The molecule has 170 valence electrons. The first-order chi connectivity index (χ1) is 15.9. The predicted octanol–water partition coefficient (Wildman–Crippen LogP) is 5.63. The summed E-state index contributed by atoms with van der Waals surface area (Å²) in [5.74, 6) is 1.60. The molecule has 4 rings (SSSR count). The molecule has 1 N–H and O–H groups in total. The van der Waals surface area contributed by atoms with E-state index in [1.807, 2.05) is 13.8 Å². The van der Waals surface area contributed by atoms with Gasteiger partial charge in [0.15, 0.2) is 0 Å². The van der Waals surface area contributed by atoms with Gasteiger partial charge in [-0.1, -0.05) is 17.7 Å². The van der Waals surface area contributed by atoms with E-state index in [9.17, 15) is 8.42 Å². The highest BCUT2D eigenvalue weighted by Crippen LogP contribution is 2.35. The molecular formula is C25H24N2O5S. The predicted molar refractivity (Wildman–Crippen MR) is 126 cm³/mol. The quantitative estimate of drug-likeness (QED) is 0.361. The summed E-state index contributed by atoms with van der Waals surface area (Å²) in [5.41, 5.74) is 2.22. The van der Waals surface area contributed by atoms with Crippen LogP contribution in [0.15, 0.2) is 87.1 Å². The zero-order chi connectivity index (χ0) is 23.4. The number of hydrogen-bond donors (Lipinski definition) is 1. The zero-order valence-electron chi connectivity index (χ0n) is 18.5. The van der Waals surface area contributed by atoms with Gasteiger partial charge in [0.25, 0.3) is 0 Å². The fraction of sp³-hybridized carbons (Fsp3) is 0.160. The Kier molecular flexibility index (Phi) is 6.37. The van der Waals surface area contributed by atoms with E-state index in [0.717, 1.165) is 5.56 Å². The lowest BCUT2D eigenvalue weighted by Gasteiger charge is -2.08. The highest BCUT2D eigenvalue weighted by atomic mass is 32.2. The maximum absolute atomic E-state index is 13.4. The van der Waals surface area contributed by atoms with Crippen molar-refractivity contribution in [3.8, 4) is 23.0 Å². The van der Waals surface area contributed by atoms with E-state index in [4.69, 9.17) is 13.9 Å². The Morgan fingerprint density at radius 3 is 2.15 bits per heavy atom. The van der Waals surface area contributed by atoms with Crippen molar-refractivity contribution in [2.75, 3.05) is 19.0 Å². The van der Waals surface area contributed by atoms with Crippen LogP contribution in [0.4, 0.5) is 11.6 Å². The molecule has 33 heavy (non-hydrogen) atoms. The van der Waals surface area contributed by atoms with Crippen LogP contribution in [0.5, 0.6) is 11.5 Å². The van der Waals surface area contributed by atoms with Gasteiger partial charge in [-0.25, -0.2) is 8.42 Å². The molecule has 0 bridgehead atoms. The highest BCUT2D eigenvalue weighted by Gasteiger charge is 2.28. The summed E-state index contributed by atoms with van der Waals surface area (Å²) in [6.07, 6.45) is 0. The number of anilines is 2. The van der Waals surface area contributed by atoms with Crippen LogP contribution in [0.2, 0.25) is 0 Å². The van der Waals surface area contributed by atoms with Crippen molar-refractivity contribution < 1.29 is 22.3 Å². The number of hydrogen-bond acceptors (Lipinski definition) is 7. The summed E-state index contributed by atoms with van der Waals surface area (Å²) < 4.78 is 43.5. The maximum Gasteiger partial charge on any atom is 0.238 e. The molecule has 0 atom stereocenters. The zero-order valence-corrected chi connectivity index (χ0v) is 19.3. The fourth-order valence-corrected chi connectivity index (χ4v) is 4.44. The summed E-state index contributed by atoms with van der Waals surface area (Å²) in [4.78, 5) is 4.50. The van der Waals surface area contributed by atoms with Crippen molar-refractivity contribution in [3.05, 3.63) is 78.4 Å². The molecule has 1 heterocycles. The first-order valence-electron chi connectivity index (χ1n) is 10.4. The summed E-state index contributed by atoms with van der Waals surface area (Å²) in [6.45, 7) is 4.36. The summed E-state index contributed by atoms with van der Waals surface area (Å²) in [6, 6.07) is 20.8. The third-order valence-corrected chi connectivity index (χ3v) is 6.62. The molecule has 0 unspecified atom stereocenters. The van der Waals surface area contributed by atoms with Crippen molar-refractivity contribution in [2.24, 2.45) is 0 Å². The Labute approximate surface area is 192 Å². The van der Waals surface area contributed by atoms with Crippen molar-refractivity contribution in [1.82, 2.24) is 4.98 Å². The standard InChI is InChI=1S/C25H24N2O5S/c1-4-31-21-13-9-19(10-14-21)26-24-25(33(28,29)22-15-5-17(2)6-16-22)27-23(32-24)18-7-11-20(30-3)12-8-18/h5-16,26H,4H2,1-3H3. The van der Waals surface area contributed by atoms with Crippen LogP contribution in [0.1, 0.15) is 12.5 Å². The van der Waals surface area contributed by atoms with E-state index in [0.29, 0.717) is 29.4 Å². The van der Waals surface area contributed by atoms with Crippen LogP contribution in [-0.2, 0) is 9.84 Å². The maximum atomic E-state index is 13.4. The molecule has 4 aromatic rings. The van der Waals surface area contributed by atoms with Crippen LogP contribution in [-0.4, -0.2) is 27.1 Å². The van der Waals surface area contributed by atoms with Crippen molar-refractivity contribution in [3.63, 3.8) is 0 Å². The van der Waals surface area contributed by atoms with E-state index in [2.05, 4.69) is 10.3 Å². The van der Waals surface area contributed by atoms with E-state index in [1.54, 1.807) is 79.9 Å². The van der Waals surface area contributed by atoms with Gasteiger partial charge in [0.2, 0.25) is 26.6 Å². The number of benzene rings is 3. The number of oxazole rings is 1. The van der Waals surface area contributed by atoms with Crippen molar-refractivity contribution >= 4 is 21.4 Å². The number of sulfone groups is 1. The molecular weight excluding hydrogens is 440 g/mol. The minimum Gasteiger partial charge on any atom is -0.497 e. The second-order valence-corrected chi connectivity index (χ2v) is 9.15. The lowest BCUT2D eigenvalue weighted by Crippen LogP contribution is -2.05. The topological polar surface area (TPSA) is 90.7 Å². The van der Waals surface area contributed by atoms with Crippen LogP contribution in [0, 0.1) is 6.92 Å². The molecule has 8 heteroatoms. The van der Waals surface area contributed by atoms with Gasteiger partial charge in [-0.2, -0.15) is 4.98 Å². The Morgan fingerprint density at radius 2 is 1.55 bits per heavy atom. The van der Waals surface area contributed by atoms with Gasteiger partial charge in [0.1, 0.15) is 11.5 Å². The Balaban J connectivity index is 1.77. The summed E-state index contributed by atoms with van der Waals surface area (Å²) in [5, 5.41) is 2.86. The molecule has 0 saturated carbocycles. The lowest BCUT2D eigenvalue weighted by molar-refractivity contribution is 0.340. The van der Waals surface area contributed by atoms with Crippen LogP contribution in [0.25, 0.3) is 11.5 Å². The number of nitrogens with zero attached hydrogens (tertiary/aromatic N) is 1. The second-order valence-electron chi connectivity index (χ2n) is 7.28. The molecule has 0 radical (unpaired) electrons. The molecule has 1 aromatic heterocycles. The summed E-state index contributed by atoms with van der Waals surface area (Å²) >= 11 is 0. The Morgan fingerprint density at radius 1 is 0.909 bits per heavy atom. The highest BCUT2D eigenvalue weighted by molar-refractivity contribution is 7.91. The first kappa shape index (κ1) is 22.4. The number of aromatic nitrogens is 1. The molecule has 0 aliphatic rings. The van der Waals surface area contributed by atoms with E-state index in [1.165, 1.54) is 0 Å². The number of aryl methyl sites for hydroxylation is 1. The smallest absolute Gasteiger partial charge is 0.238 e. The molecule has 0 saturated heterocycles. The Hall–Kier alpha value is -3.78. The SMILES string of the molecule is CCOc1ccc(Nc2oc(-c3ccc(OC)cc3)nc2S(=O)(=O)c2ccc(C)cc2)cc1. The van der Waals surface area contributed by atoms with Crippen molar-refractivity contribution in [2.45, 2.75) is 23.8 Å². The minimum atomic E-state index is -3.94. The van der Waals surface area contributed by atoms with Gasteiger partial charge in [0.05, 0.1) is 18.6 Å². The Bertz CT molecular complexity index is 1330. The van der Waals surface area contributed by atoms with Crippen molar-refractivity contribution in [1.29, 1.82) is 0 Å². The molecule has 0 spiro atoms. The van der Waals surface area contributed by atoms with E-state index in [-0.39, 0.29) is 21.7 Å². The fourth-order valence-electron chi connectivity index (χ4n) is 3.19. The summed E-state index contributed by atoms with van der Waals surface area (Å²) in [7, 11) is -2.37. The third kappa shape index (κ3) is 4.85. The first-order valence-corrected chi connectivity index (χ1v) is 11.9. The lowest BCUT2D eigenvalue weighted by atomic mass is 10.2. The van der Waals surface area contributed by atoms with E-state index >= 15 is 0 Å². The van der Waals surface area contributed by atoms with Gasteiger partial charge < -0.3 is 19.2 Å². The van der Waals surface area contributed by atoms with Gasteiger partial charge in [0, 0.05) is 11.3 Å². The number of methoxy groups -OCH3 is 1. The molecule has 0 aliphatic heterocycles. The van der Waals surface area contributed by atoms with Gasteiger partial charge in [-0.05, 0) is 74.5 Å². The molecule has 3 aromatic carbocycles. The molecule has 0 amide bonds. The van der Waals surface area contributed by atoms with Crippen LogP contribution < -0.4 is 14.8 Å². The normalized spacial score (nSPS) is 11.2. The third-order valence-electron chi connectivity index (χ3n) is 4.94. The number of nitrogens with one attached hydrogen (secondary N) is 1. The monoisotopic (exact) mass is 464 g/mol. The largest absolute Gasteiger partial charge is 0.497 e. The minimum absolute atomic E-state index is 0.0329.